The van der Waals surface area contributed by atoms with Crippen LogP contribution in [0.4, 0.5) is 0 Å². The molecule has 4 nitrogen and oxygen atoms in total. The summed E-state index contributed by atoms with van der Waals surface area (Å²) in [5.74, 6) is 0.154. The van der Waals surface area contributed by atoms with Crippen LogP contribution in [-0.4, -0.2) is 63.0 Å². The van der Waals surface area contributed by atoms with Crippen LogP contribution in [0, 0.1) is 0 Å². The van der Waals surface area contributed by atoms with Gasteiger partial charge in [-0.1, -0.05) is 0 Å². The lowest BCUT2D eigenvalue weighted by Gasteiger charge is -2.15. The van der Waals surface area contributed by atoms with Crippen LogP contribution < -0.4 is 5.32 Å². The van der Waals surface area contributed by atoms with Crippen LogP contribution in [0.2, 0.25) is 0 Å². The third-order valence-corrected chi connectivity index (χ3v) is 1.91. The van der Waals surface area contributed by atoms with Crippen LogP contribution in [0.15, 0.2) is 0 Å². The van der Waals surface area contributed by atoms with E-state index >= 15 is 0 Å². The van der Waals surface area contributed by atoms with Gasteiger partial charge in [0.2, 0.25) is 5.91 Å². The molecule has 0 aromatic heterocycles. The van der Waals surface area contributed by atoms with Gasteiger partial charge in [-0.2, -0.15) is 0 Å². The second-order valence-electron chi connectivity index (χ2n) is 3.39. The summed E-state index contributed by atoms with van der Waals surface area (Å²) >= 11 is 0. The number of hydrogen-bond donors (Lipinski definition) is 1. The fourth-order valence-corrected chi connectivity index (χ4v) is 0.809. The highest BCUT2D eigenvalue weighted by Crippen LogP contribution is 1.81. The van der Waals surface area contributed by atoms with Gasteiger partial charge in [0.15, 0.2) is 0 Å². The van der Waals surface area contributed by atoms with Crippen LogP contribution in [0.5, 0.6) is 0 Å². The summed E-state index contributed by atoms with van der Waals surface area (Å²) in [6.07, 6.45) is 0. The first-order valence-electron chi connectivity index (χ1n) is 4.67. The average molecular weight is 187 g/mol. The van der Waals surface area contributed by atoms with Gasteiger partial charge in [0.1, 0.15) is 0 Å². The maximum absolute atomic E-state index is 11.3. The minimum absolute atomic E-state index is 0.154. The minimum Gasteiger partial charge on any atom is -0.345 e. The summed E-state index contributed by atoms with van der Waals surface area (Å²) in [6.45, 7) is 5.00. The van der Waals surface area contributed by atoms with E-state index in [0.717, 1.165) is 19.6 Å². The lowest BCUT2D eigenvalue weighted by atomic mass is 10.4. The second kappa shape index (κ2) is 6.86. The zero-order chi connectivity index (χ0) is 10.3. The molecule has 0 heterocycles. The Labute approximate surface area is 80.9 Å². The molecule has 0 radical (unpaired) electrons. The molecular weight excluding hydrogens is 166 g/mol. The van der Waals surface area contributed by atoms with Gasteiger partial charge in [0.25, 0.3) is 0 Å². The van der Waals surface area contributed by atoms with E-state index in [0.29, 0.717) is 6.54 Å². The van der Waals surface area contributed by atoms with Gasteiger partial charge in [-0.05, 0) is 21.0 Å². The van der Waals surface area contributed by atoms with Gasteiger partial charge < -0.3 is 15.1 Å². The molecule has 0 bridgehead atoms. The van der Waals surface area contributed by atoms with Crippen LogP contribution in [0.25, 0.3) is 0 Å². The van der Waals surface area contributed by atoms with Crippen LogP contribution >= 0.6 is 0 Å². The van der Waals surface area contributed by atoms with E-state index in [1.807, 2.05) is 28.1 Å². The molecule has 0 saturated carbocycles. The topological polar surface area (TPSA) is 35.6 Å². The van der Waals surface area contributed by atoms with Gasteiger partial charge in [-0.25, -0.2) is 0 Å². The van der Waals surface area contributed by atoms with Crippen molar-refractivity contribution in [1.82, 2.24) is 15.1 Å². The smallest absolute Gasteiger partial charge is 0.236 e. The van der Waals surface area contributed by atoms with E-state index in [4.69, 9.17) is 0 Å². The zero-order valence-corrected chi connectivity index (χ0v) is 9.13. The van der Waals surface area contributed by atoms with Crippen molar-refractivity contribution >= 4 is 5.91 Å². The normalized spacial score (nSPS) is 10.5. The maximum atomic E-state index is 11.3. The summed E-state index contributed by atoms with van der Waals surface area (Å²) in [4.78, 5) is 15.1. The lowest BCUT2D eigenvalue weighted by Crippen LogP contribution is -2.37. The molecule has 4 heteroatoms. The first kappa shape index (κ1) is 12.4. The van der Waals surface area contributed by atoms with Crippen molar-refractivity contribution in [1.29, 1.82) is 0 Å². The minimum atomic E-state index is 0.154. The number of nitrogens with zero attached hydrogens (tertiary/aromatic N) is 2. The van der Waals surface area contributed by atoms with E-state index < -0.39 is 0 Å². The summed E-state index contributed by atoms with van der Waals surface area (Å²) < 4.78 is 0. The van der Waals surface area contributed by atoms with Crippen LogP contribution in [-0.2, 0) is 4.79 Å². The van der Waals surface area contributed by atoms with Crippen molar-refractivity contribution in [3.63, 3.8) is 0 Å². The van der Waals surface area contributed by atoms with Crippen molar-refractivity contribution in [2.75, 3.05) is 47.3 Å². The summed E-state index contributed by atoms with van der Waals surface area (Å²) in [5.41, 5.74) is 0. The highest BCUT2D eigenvalue weighted by Gasteiger charge is 2.04. The summed E-state index contributed by atoms with van der Waals surface area (Å²) in [5, 5.41) is 3.10. The number of carbonyl (C=O) groups is 1. The predicted octanol–water partition coefficient (Wildman–Crippen LogP) is -0.384. The number of rotatable bonds is 6. The molecule has 0 aromatic rings. The average Bonchev–Trinajstić information content (AvgIpc) is 2.10. The molecule has 1 amide bonds. The van der Waals surface area contributed by atoms with Crippen molar-refractivity contribution < 1.29 is 4.79 Å². The van der Waals surface area contributed by atoms with Gasteiger partial charge in [0.05, 0.1) is 6.54 Å². The quantitative estimate of drug-likeness (QED) is 0.576. The molecule has 0 atom stereocenters. The highest BCUT2D eigenvalue weighted by molar-refractivity contribution is 5.77. The van der Waals surface area contributed by atoms with Gasteiger partial charge >= 0.3 is 0 Å². The van der Waals surface area contributed by atoms with Crippen molar-refractivity contribution in [2.24, 2.45) is 0 Å². The number of likely N-dealkylation sites (N-methyl/N-ethyl adjacent to an activating group) is 2. The van der Waals surface area contributed by atoms with E-state index in [1.54, 1.807) is 4.90 Å². The largest absolute Gasteiger partial charge is 0.345 e. The standard InChI is InChI=1S/C9H21N3O/c1-5-12(4)9(13)8-10-6-7-11(2)3/h10H,5-8H2,1-4H3. The molecule has 0 spiro atoms. The fourth-order valence-electron chi connectivity index (χ4n) is 0.809. The maximum Gasteiger partial charge on any atom is 0.236 e. The van der Waals surface area contributed by atoms with E-state index in [1.165, 1.54) is 0 Å². The van der Waals surface area contributed by atoms with Crippen molar-refractivity contribution in [3.8, 4) is 0 Å². The van der Waals surface area contributed by atoms with Gasteiger partial charge in [-0.15, -0.1) is 0 Å². The first-order chi connectivity index (χ1) is 6.07. The van der Waals surface area contributed by atoms with Crippen LogP contribution in [0.1, 0.15) is 6.92 Å². The monoisotopic (exact) mass is 187 g/mol. The Hall–Kier alpha value is -0.610. The predicted molar refractivity (Wildman–Crippen MR) is 54.7 cm³/mol. The zero-order valence-electron chi connectivity index (χ0n) is 9.13. The molecule has 0 aliphatic carbocycles. The molecule has 0 rings (SSSR count). The SMILES string of the molecule is CCN(C)C(=O)CNCCN(C)C. The Bertz CT molecular complexity index is 148. The number of amides is 1. The third kappa shape index (κ3) is 6.54. The Morgan fingerprint density at radius 1 is 1.31 bits per heavy atom. The first-order valence-corrected chi connectivity index (χ1v) is 4.67. The molecule has 1 N–H and O–H groups in total. The number of hydrogen-bond acceptors (Lipinski definition) is 3. The lowest BCUT2D eigenvalue weighted by molar-refractivity contribution is -0.128. The second-order valence-corrected chi connectivity index (χ2v) is 3.39. The molecule has 0 aromatic carbocycles. The molecular formula is C9H21N3O. The van der Waals surface area contributed by atoms with Crippen molar-refractivity contribution in [2.45, 2.75) is 6.92 Å². The van der Waals surface area contributed by atoms with Crippen LogP contribution in [0.3, 0.4) is 0 Å². The van der Waals surface area contributed by atoms with E-state index in [9.17, 15) is 4.79 Å². The van der Waals surface area contributed by atoms with Gasteiger partial charge in [-0.3, -0.25) is 4.79 Å². The third-order valence-electron chi connectivity index (χ3n) is 1.91. The molecule has 0 fully saturated rings. The van der Waals surface area contributed by atoms with E-state index in [2.05, 4.69) is 10.2 Å². The fraction of sp³-hybridized carbons (Fsp3) is 0.889. The van der Waals surface area contributed by atoms with E-state index in [-0.39, 0.29) is 5.91 Å². The Balaban J connectivity index is 3.37. The molecule has 78 valence electrons. The number of nitrogens with one attached hydrogen (secondary N) is 1. The Kier molecular flexibility index (Phi) is 6.54. The Morgan fingerprint density at radius 2 is 1.92 bits per heavy atom. The molecule has 0 aliphatic heterocycles. The molecule has 13 heavy (non-hydrogen) atoms. The molecule has 0 aliphatic rings. The highest BCUT2D eigenvalue weighted by atomic mass is 16.2. The summed E-state index contributed by atoms with van der Waals surface area (Å²) in [6, 6.07) is 0. The van der Waals surface area contributed by atoms with Crippen molar-refractivity contribution in [3.05, 3.63) is 0 Å². The molecule has 0 unspecified atom stereocenters. The Morgan fingerprint density at radius 3 is 2.38 bits per heavy atom. The van der Waals surface area contributed by atoms with Gasteiger partial charge in [0, 0.05) is 26.7 Å². The summed E-state index contributed by atoms with van der Waals surface area (Å²) in [7, 11) is 5.85. The molecule has 0 saturated heterocycles. The number of carbonyl (C=O) groups excluding carboxylic acids is 1.